The number of carbonyl (C=O) groups is 2. The number of fused-ring (bicyclic) bond motifs is 2. The van der Waals surface area contributed by atoms with Crippen LogP contribution in [0.1, 0.15) is 85.6 Å². The number of ether oxygens (including phenoxy) is 2. The van der Waals surface area contributed by atoms with E-state index in [1.807, 2.05) is 54.6 Å². The monoisotopic (exact) mass is 805 g/mol. The molecule has 44 heavy (non-hydrogen) atoms. The number of rotatable bonds is 16. The zero-order valence-electron chi connectivity index (χ0n) is 26.5. The van der Waals surface area contributed by atoms with E-state index in [2.05, 4.69) is 13.8 Å². The molecule has 0 N–H and O–H groups in total. The Morgan fingerprint density at radius 2 is 1.77 bits per heavy atom. The minimum atomic E-state index is -1.74. The predicted octanol–water partition coefficient (Wildman–Crippen LogP) is 7.72. The molecule has 3 aliphatic rings. The van der Waals surface area contributed by atoms with Gasteiger partial charge in [0.25, 0.3) is 5.91 Å². The van der Waals surface area contributed by atoms with E-state index in [9.17, 15) is 13.8 Å². The number of nitrogens with zero attached hydrogens (tertiary/aromatic N) is 1. The summed E-state index contributed by atoms with van der Waals surface area (Å²) in [6.45, 7) is 12.8. The number of hydrogen-bond donors (Lipinski definition) is 0. The normalized spacial score (nSPS) is 24.3. The molecule has 14 heteroatoms. The Kier molecular flexibility index (Phi) is 15.3. The van der Waals surface area contributed by atoms with Crippen LogP contribution < -0.4 is 9.47 Å². The van der Waals surface area contributed by atoms with Gasteiger partial charge in [0.2, 0.25) is 9.67 Å². The highest BCUT2D eigenvalue weighted by molar-refractivity contribution is 14.1. The Bertz CT molecular complexity index is 1140. The Labute approximate surface area is 289 Å². The first-order chi connectivity index (χ1) is 20.9. The van der Waals surface area contributed by atoms with Gasteiger partial charge in [-0.3, -0.25) is 9.00 Å². The van der Waals surface area contributed by atoms with Gasteiger partial charge in [-0.15, -0.1) is 11.8 Å². The third-order valence-corrected chi connectivity index (χ3v) is 14.0. The third kappa shape index (κ3) is 9.83. The minimum absolute atomic E-state index is 0.191. The van der Waals surface area contributed by atoms with Gasteiger partial charge in [0.05, 0.1) is 13.2 Å². The molecule has 0 aliphatic carbocycles. The number of alkyl halides is 2. The van der Waals surface area contributed by atoms with Crippen LogP contribution in [0, 0.1) is 0 Å². The van der Waals surface area contributed by atoms with Gasteiger partial charge in [-0.1, -0.05) is 63.6 Å². The molecular weight excluding hydrogens is 760 g/mol. The first-order valence-corrected chi connectivity index (χ1v) is 20.1. The molecule has 3 heterocycles. The van der Waals surface area contributed by atoms with Gasteiger partial charge in [-0.05, 0) is 80.8 Å². The number of amides is 1. The van der Waals surface area contributed by atoms with E-state index < -0.39 is 39.0 Å². The van der Waals surface area contributed by atoms with E-state index in [4.69, 9.17) is 34.6 Å². The van der Waals surface area contributed by atoms with Gasteiger partial charge in [0.15, 0.2) is 11.5 Å². The van der Waals surface area contributed by atoms with Gasteiger partial charge >= 0.3 is 14.6 Å². The molecule has 0 aromatic heterocycles. The SMILES string of the molecule is CCCCCCCCS(=O)C(C)Cc1ccc2c(c1)OCO2.CCOP(OCC)OC(=O)[C@@H]1N2C(=O)C(Cl)(I)[C@H]2SC1(C)C. The van der Waals surface area contributed by atoms with Crippen LogP contribution in [0.5, 0.6) is 11.5 Å². The summed E-state index contributed by atoms with van der Waals surface area (Å²) in [5.41, 5.74) is 1.17. The molecule has 3 unspecified atom stereocenters. The highest BCUT2D eigenvalue weighted by atomic mass is 127. The van der Waals surface area contributed by atoms with Crippen LogP contribution in [-0.2, 0) is 40.4 Å². The Hall–Kier alpha value is -0.370. The van der Waals surface area contributed by atoms with Crippen molar-refractivity contribution in [2.75, 3.05) is 25.8 Å². The highest BCUT2D eigenvalue weighted by Crippen LogP contribution is 2.60. The quantitative estimate of drug-likeness (QED) is 0.0547. The van der Waals surface area contributed by atoms with Crippen molar-refractivity contribution in [2.24, 2.45) is 0 Å². The fourth-order valence-electron chi connectivity index (χ4n) is 5.10. The fraction of sp³-hybridized carbons (Fsp3) is 0.733. The van der Waals surface area contributed by atoms with Crippen molar-refractivity contribution in [1.82, 2.24) is 4.90 Å². The van der Waals surface area contributed by atoms with Crippen molar-refractivity contribution >= 4 is 77.2 Å². The smallest absolute Gasteiger partial charge is 0.399 e. The number of β-lactam (4-membered cyclic amide) rings is 1. The number of hydrogen-bond acceptors (Lipinski definition) is 9. The molecule has 0 radical (unpaired) electrons. The van der Waals surface area contributed by atoms with Gasteiger partial charge in [0.1, 0.15) is 11.4 Å². The van der Waals surface area contributed by atoms with E-state index in [-0.39, 0.29) is 16.5 Å². The minimum Gasteiger partial charge on any atom is -0.454 e. The third-order valence-electron chi connectivity index (χ3n) is 7.40. The molecule has 250 valence electrons. The Morgan fingerprint density at radius 1 is 1.14 bits per heavy atom. The lowest BCUT2D eigenvalue weighted by molar-refractivity contribution is -0.156. The average molecular weight is 806 g/mol. The van der Waals surface area contributed by atoms with E-state index in [1.165, 1.54) is 54.3 Å². The Morgan fingerprint density at radius 3 is 2.43 bits per heavy atom. The molecule has 2 saturated heterocycles. The predicted molar refractivity (Wildman–Crippen MR) is 187 cm³/mol. The zero-order valence-corrected chi connectivity index (χ0v) is 31.9. The van der Waals surface area contributed by atoms with Crippen molar-refractivity contribution in [3.05, 3.63) is 23.8 Å². The van der Waals surface area contributed by atoms with Gasteiger partial charge in [-0.25, -0.2) is 4.79 Å². The molecule has 1 aromatic carbocycles. The molecule has 2 fully saturated rings. The number of benzene rings is 1. The van der Waals surface area contributed by atoms with Crippen LogP contribution in [0.15, 0.2) is 18.2 Å². The second-order valence-electron chi connectivity index (χ2n) is 11.3. The summed E-state index contributed by atoms with van der Waals surface area (Å²) >= 11 is 9.67. The first-order valence-electron chi connectivity index (χ1n) is 15.3. The summed E-state index contributed by atoms with van der Waals surface area (Å²) in [7, 11) is -2.48. The first kappa shape index (κ1) is 38.1. The summed E-state index contributed by atoms with van der Waals surface area (Å²) in [5.74, 6) is 1.69. The molecule has 1 aromatic rings. The lowest BCUT2D eigenvalue weighted by Gasteiger charge is -2.46. The van der Waals surface area contributed by atoms with Crippen molar-refractivity contribution in [3.63, 3.8) is 0 Å². The molecule has 0 spiro atoms. The maximum Gasteiger partial charge on any atom is 0.399 e. The highest BCUT2D eigenvalue weighted by Gasteiger charge is 2.70. The average Bonchev–Trinajstić information content (AvgIpc) is 3.55. The lowest BCUT2D eigenvalue weighted by atomic mass is 9.98. The standard InChI is InChI=1S/C18H28O3S.C12H18ClINO5PS/c1-3-4-5-6-7-8-11-22(19)15(2)12-16-9-10-17-18(13-16)21-14-20-17;1-5-18-21(19-6-2)20-8(16)7-11(3,4)22-10-12(13,14)9(17)15(7)10/h9-10,13,15H,3-8,11-12,14H2,1-2H3;7,10H,5-6H2,1-4H3/t;7-,10+,12?/m.0/s1. The number of halogens is 2. The van der Waals surface area contributed by atoms with Crippen LogP contribution in [0.3, 0.4) is 0 Å². The van der Waals surface area contributed by atoms with Crippen LogP contribution >= 0.6 is 54.6 Å². The van der Waals surface area contributed by atoms with E-state index >= 15 is 0 Å². The molecule has 0 bridgehead atoms. The number of unbranched alkanes of at least 4 members (excludes halogenated alkanes) is 5. The summed E-state index contributed by atoms with van der Waals surface area (Å²) in [4.78, 5) is 26.3. The fourth-order valence-corrected chi connectivity index (χ4v) is 10.0. The molecule has 9 nitrogen and oxygen atoms in total. The van der Waals surface area contributed by atoms with E-state index in [1.54, 1.807) is 13.8 Å². The van der Waals surface area contributed by atoms with Crippen molar-refractivity contribution < 1.29 is 36.8 Å². The molecule has 4 rings (SSSR count). The summed E-state index contributed by atoms with van der Waals surface area (Å²) in [5, 5.41) is -0.0451. The molecule has 1 amide bonds. The maximum absolute atomic E-state index is 12.5. The second-order valence-corrected chi connectivity index (χ2v) is 19.1. The van der Waals surface area contributed by atoms with E-state index in [0.717, 1.165) is 30.1 Å². The largest absolute Gasteiger partial charge is 0.454 e. The van der Waals surface area contributed by atoms with Crippen molar-refractivity contribution in [2.45, 2.75) is 111 Å². The van der Waals surface area contributed by atoms with Crippen LogP contribution in [-0.4, -0.2) is 71.0 Å². The maximum atomic E-state index is 12.5. The molecule has 3 aliphatic heterocycles. The van der Waals surface area contributed by atoms with Gasteiger partial charge in [-0.2, -0.15) is 0 Å². The topological polar surface area (TPSA) is 101 Å². The van der Waals surface area contributed by atoms with Crippen LogP contribution in [0.25, 0.3) is 0 Å². The molecular formula is C30H46ClINO8PS2. The van der Waals surface area contributed by atoms with Crippen molar-refractivity contribution in [3.8, 4) is 11.5 Å². The van der Waals surface area contributed by atoms with E-state index in [0.29, 0.717) is 20.0 Å². The number of thioether (sulfide) groups is 1. The van der Waals surface area contributed by atoms with Gasteiger partial charge < -0.3 is 27.9 Å². The lowest BCUT2D eigenvalue weighted by Crippen LogP contribution is -2.68. The van der Waals surface area contributed by atoms with Crippen molar-refractivity contribution in [1.29, 1.82) is 0 Å². The van der Waals surface area contributed by atoms with Crippen LogP contribution in [0.2, 0.25) is 0 Å². The summed E-state index contributed by atoms with van der Waals surface area (Å²) < 4.78 is 37.5. The molecule has 0 saturated carbocycles. The zero-order chi connectivity index (χ0) is 32.5. The van der Waals surface area contributed by atoms with Crippen LogP contribution in [0.4, 0.5) is 0 Å². The van der Waals surface area contributed by atoms with Gasteiger partial charge in [0, 0.05) is 26.5 Å². The number of carbonyl (C=O) groups excluding carboxylic acids is 2. The molecule has 5 atom stereocenters. The Balaban J connectivity index is 0.000000240. The second kappa shape index (κ2) is 17.7. The summed E-state index contributed by atoms with van der Waals surface area (Å²) in [6, 6.07) is 5.32. The summed E-state index contributed by atoms with van der Waals surface area (Å²) in [6.07, 6.45) is 8.32.